The molecule has 1 heterocycles. The number of aromatic nitrogens is 2. The average Bonchev–Trinajstić information content (AvgIpc) is 2.80. The fraction of sp³-hybridized carbons (Fsp3) is 0.643. The fourth-order valence-electron chi connectivity index (χ4n) is 1.84. The van der Waals surface area contributed by atoms with Crippen LogP contribution in [0.15, 0.2) is 24.0 Å². The highest BCUT2D eigenvalue weighted by Crippen LogP contribution is 2.06. The number of allylic oxidation sites excluding steroid dienone is 1. The van der Waals surface area contributed by atoms with Gasteiger partial charge in [0.2, 0.25) is 0 Å². The number of aryl methyl sites for hydroxylation is 1. The number of hydrogen-bond donors (Lipinski definition) is 1. The van der Waals surface area contributed by atoms with E-state index in [2.05, 4.69) is 34.8 Å². The van der Waals surface area contributed by atoms with E-state index >= 15 is 0 Å². The number of nitrogens with one attached hydrogen (secondary N) is 1. The highest BCUT2D eigenvalue weighted by Gasteiger charge is 2.01. The van der Waals surface area contributed by atoms with E-state index in [9.17, 15) is 0 Å². The average molecular weight is 251 g/mol. The lowest BCUT2D eigenvalue weighted by Gasteiger charge is -2.05. The zero-order valence-corrected chi connectivity index (χ0v) is 11.8. The monoisotopic (exact) mass is 251 g/mol. The molecule has 0 aromatic carbocycles. The predicted molar refractivity (Wildman–Crippen MR) is 74.7 cm³/mol. The Balaban J connectivity index is 2.25. The second-order valence-electron chi connectivity index (χ2n) is 4.39. The molecule has 4 heteroatoms. The third-order valence-corrected chi connectivity index (χ3v) is 2.88. The molecule has 0 fully saturated rings. The van der Waals surface area contributed by atoms with Crippen LogP contribution in [0.5, 0.6) is 0 Å². The van der Waals surface area contributed by atoms with Gasteiger partial charge in [-0.1, -0.05) is 11.6 Å². The molecular formula is C14H25N3O. The van der Waals surface area contributed by atoms with Gasteiger partial charge < -0.3 is 14.6 Å². The van der Waals surface area contributed by atoms with Crippen LogP contribution in [0.4, 0.5) is 0 Å². The zero-order chi connectivity index (χ0) is 13.2. The molecule has 0 saturated heterocycles. The molecule has 0 atom stereocenters. The Bertz CT molecular complexity index is 358. The Morgan fingerprint density at radius 2 is 2.33 bits per heavy atom. The van der Waals surface area contributed by atoms with E-state index in [-0.39, 0.29) is 0 Å². The van der Waals surface area contributed by atoms with Gasteiger partial charge in [0.25, 0.3) is 0 Å². The van der Waals surface area contributed by atoms with E-state index in [0.29, 0.717) is 0 Å². The Labute approximate surface area is 110 Å². The number of nitrogens with zero attached hydrogens (tertiary/aromatic N) is 2. The van der Waals surface area contributed by atoms with Crippen LogP contribution in [0.2, 0.25) is 0 Å². The largest absolute Gasteiger partial charge is 0.383 e. The van der Waals surface area contributed by atoms with Gasteiger partial charge in [-0.15, -0.1) is 0 Å². The molecule has 0 bridgehead atoms. The molecule has 0 aliphatic heterocycles. The van der Waals surface area contributed by atoms with Crippen molar-refractivity contribution in [2.24, 2.45) is 0 Å². The molecule has 0 aliphatic carbocycles. The summed E-state index contributed by atoms with van der Waals surface area (Å²) in [5.74, 6) is 1.15. The Hall–Kier alpha value is -1.13. The maximum atomic E-state index is 4.98. The second-order valence-corrected chi connectivity index (χ2v) is 4.39. The van der Waals surface area contributed by atoms with Gasteiger partial charge in [0.05, 0.1) is 6.61 Å². The smallest absolute Gasteiger partial charge is 0.112 e. The molecule has 0 aliphatic rings. The number of ether oxygens (including phenoxy) is 1. The van der Waals surface area contributed by atoms with Gasteiger partial charge in [-0.2, -0.15) is 0 Å². The first-order chi connectivity index (χ1) is 8.77. The zero-order valence-electron chi connectivity index (χ0n) is 11.8. The lowest BCUT2D eigenvalue weighted by Crippen LogP contribution is -2.19. The quantitative estimate of drug-likeness (QED) is 0.539. The van der Waals surface area contributed by atoms with Crippen molar-refractivity contribution in [3.63, 3.8) is 0 Å². The molecule has 1 N–H and O–H groups in total. The van der Waals surface area contributed by atoms with Crippen LogP contribution in [0, 0.1) is 0 Å². The van der Waals surface area contributed by atoms with E-state index in [0.717, 1.165) is 44.9 Å². The van der Waals surface area contributed by atoms with Crippen LogP contribution < -0.4 is 5.32 Å². The minimum atomic E-state index is 0.774. The topological polar surface area (TPSA) is 39.1 Å². The molecule has 0 unspecified atom stereocenters. The third kappa shape index (κ3) is 5.47. The normalized spacial score (nSPS) is 12.1. The first-order valence-electron chi connectivity index (χ1n) is 6.63. The summed E-state index contributed by atoms with van der Waals surface area (Å²) < 4.78 is 7.16. The van der Waals surface area contributed by atoms with Crippen LogP contribution in [0.3, 0.4) is 0 Å². The van der Waals surface area contributed by atoms with Crippen LogP contribution in [0.1, 0.15) is 26.1 Å². The molecule has 0 saturated carbocycles. The molecule has 1 aromatic rings. The highest BCUT2D eigenvalue weighted by molar-refractivity contribution is 5.08. The molecule has 1 aromatic heterocycles. The summed E-state index contributed by atoms with van der Waals surface area (Å²) >= 11 is 0. The van der Waals surface area contributed by atoms with Crippen molar-refractivity contribution in [2.75, 3.05) is 26.8 Å². The standard InChI is InChI=1S/C14H25N3O/c1-4-17-10-8-16-14(17)12-13(2)6-5-7-15-9-11-18-3/h6,8,10,15H,4-5,7,9,11-12H2,1-3H3. The van der Waals surface area contributed by atoms with Gasteiger partial charge in [0.1, 0.15) is 5.82 Å². The minimum absolute atomic E-state index is 0.774. The van der Waals surface area contributed by atoms with E-state index in [1.165, 1.54) is 5.57 Å². The van der Waals surface area contributed by atoms with Gasteiger partial charge in [0, 0.05) is 39.0 Å². The molecular weight excluding hydrogens is 226 g/mol. The predicted octanol–water partition coefficient (Wildman–Crippen LogP) is 2.02. The van der Waals surface area contributed by atoms with Gasteiger partial charge in [-0.25, -0.2) is 4.98 Å². The molecule has 4 nitrogen and oxygen atoms in total. The lowest BCUT2D eigenvalue weighted by molar-refractivity contribution is 0.199. The first-order valence-corrected chi connectivity index (χ1v) is 6.63. The maximum Gasteiger partial charge on any atom is 0.112 e. The molecule has 102 valence electrons. The summed E-state index contributed by atoms with van der Waals surface area (Å²) in [7, 11) is 1.72. The van der Waals surface area contributed by atoms with Gasteiger partial charge in [-0.05, 0) is 26.8 Å². The molecule has 0 amide bonds. The second kappa shape index (κ2) is 8.89. The summed E-state index contributed by atoms with van der Waals surface area (Å²) in [5.41, 5.74) is 1.38. The number of hydrogen-bond acceptors (Lipinski definition) is 3. The Kier molecular flexibility index (Phi) is 7.37. The van der Waals surface area contributed by atoms with E-state index in [4.69, 9.17) is 4.74 Å². The molecule has 0 radical (unpaired) electrons. The van der Waals surface area contributed by atoms with Crippen molar-refractivity contribution in [3.8, 4) is 0 Å². The molecule has 0 spiro atoms. The third-order valence-electron chi connectivity index (χ3n) is 2.88. The van der Waals surface area contributed by atoms with E-state index in [1.54, 1.807) is 7.11 Å². The Morgan fingerprint density at radius 3 is 3.06 bits per heavy atom. The van der Waals surface area contributed by atoms with Crippen molar-refractivity contribution in [1.29, 1.82) is 0 Å². The molecule has 1 rings (SSSR count). The summed E-state index contributed by atoms with van der Waals surface area (Å²) in [6.07, 6.45) is 8.20. The van der Waals surface area contributed by atoms with Gasteiger partial charge in [0.15, 0.2) is 0 Å². The summed E-state index contributed by atoms with van der Waals surface area (Å²) in [6.45, 7) is 8.00. The van der Waals surface area contributed by atoms with Crippen molar-refractivity contribution in [2.45, 2.75) is 33.2 Å². The number of rotatable bonds is 9. The van der Waals surface area contributed by atoms with Crippen LogP contribution in [-0.2, 0) is 17.7 Å². The highest BCUT2D eigenvalue weighted by atomic mass is 16.5. The minimum Gasteiger partial charge on any atom is -0.383 e. The van der Waals surface area contributed by atoms with Crippen molar-refractivity contribution in [1.82, 2.24) is 14.9 Å². The number of imidazole rings is 1. The summed E-state index contributed by atoms with van der Waals surface area (Å²) in [5, 5.41) is 3.33. The van der Waals surface area contributed by atoms with Crippen molar-refractivity contribution < 1.29 is 4.74 Å². The summed E-state index contributed by atoms with van der Waals surface area (Å²) in [6, 6.07) is 0. The van der Waals surface area contributed by atoms with Gasteiger partial charge >= 0.3 is 0 Å². The fourth-order valence-corrected chi connectivity index (χ4v) is 1.84. The first kappa shape index (κ1) is 14.9. The van der Waals surface area contributed by atoms with Crippen LogP contribution >= 0.6 is 0 Å². The molecule has 18 heavy (non-hydrogen) atoms. The van der Waals surface area contributed by atoms with Gasteiger partial charge in [-0.3, -0.25) is 0 Å². The Morgan fingerprint density at radius 1 is 1.50 bits per heavy atom. The van der Waals surface area contributed by atoms with E-state index < -0.39 is 0 Å². The van der Waals surface area contributed by atoms with Crippen molar-refractivity contribution in [3.05, 3.63) is 29.9 Å². The summed E-state index contributed by atoms with van der Waals surface area (Å²) in [4.78, 5) is 4.39. The van der Waals surface area contributed by atoms with Crippen LogP contribution in [-0.4, -0.2) is 36.4 Å². The lowest BCUT2D eigenvalue weighted by atomic mass is 10.1. The van der Waals surface area contributed by atoms with E-state index in [1.807, 2.05) is 12.4 Å². The van der Waals surface area contributed by atoms with Crippen LogP contribution in [0.25, 0.3) is 0 Å². The maximum absolute atomic E-state index is 4.98. The SMILES string of the molecule is CCn1ccnc1CC(C)=CCCNCCOC. The van der Waals surface area contributed by atoms with Crippen molar-refractivity contribution >= 4 is 0 Å². The number of methoxy groups -OCH3 is 1.